The molecule has 0 spiro atoms. The van der Waals surface area contributed by atoms with E-state index in [1.807, 2.05) is 12.1 Å². The van der Waals surface area contributed by atoms with Gasteiger partial charge in [-0.05, 0) is 65.5 Å². The van der Waals surface area contributed by atoms with E-state index in [1.54, 1.807) is 23.1 Å². The van der Waals surface area contributed by atoms with Crippen molar-refractivity contribution in [2.24, 2.45) is 0 Å². The highest BCUT2D eigenvalue weighted by Crippen LogP contribution is 2.35. The van der Waals surface area contributed by atoms with Gasteiger partial charge in [0.25, 0.3) is 0 Å². The van der Waals surface area contributed by atoms with Gasteiger partial charge in [-0.3, -0.25) is 4.98 Å². The predicted molar refractivity (Wildman–Crippen MR) is 116 cm³/mol. The first-order chi connectivity index (χ1) is 15.4. The Morgan fingerprint density at radius 2 is 1.91 bits per heavy atom. The van der Waals surface area contributed by atoms with Crippen molar-refractivity contribution in [3.05, 3.63) is 59.0 Å². The molecular weight excluding hydrogens is 487 g/mol. The molecule has 1 aliphatic rings. The van der Waals surface area contributed by atoms with Gasteiger partial charge < -0.3 is 4.74 Å². The Morgan fingerprint density at radius 1 is 1.03 bits per heavy atom. The monoisotopic (exact) mass is 503 g/mol. The van der Waals surface area contributed by atoms with Crippen molar-refractivity contribution in [3.63, 3.8) is 0 Å². The predicted octanol–water partition coefficient (Wildman–Crippen LogP) is 6.04. The van der Waals surface area contributed by atoms with Gasteiger partial charge in [-0.1, -0.05) is 6.07 Å². The zero-order chi connectivity index (χ0) is 22.3. The van der Waals surface area contributed by atoms with Crippen LogP contribution >= 0.6 is 15.9 Å². The van der Waals surface area contributed by atoms with Crippen molar-refractivity contribution < 1.29 is 17.9 Å². The summed E-state index contributed by atoms with van der Waals surface area (Å²) >= 11 is 3.40. The summed E-state index contributed by atoms with van der Waals surface area (Å²) in [7, 11) is 0. The van der Waals surface area contributed by atoms with E-state index < -0.39 is 11.9 Å². The Morgan fingerprint density at radius 3 is 2.69 bits per heavy atom. The van der Waals surface area contributed by atoms with Crippen molar-refractivity contribution in [1.82, 2.24) is 24.7 Å². The van der Waals surface area contributed by atoms with Crippen molar-refractivity contribution >= 4 is 27.0 Å². The molecule has 32 heavy (non-hydrogen) atoms. The maximum Gasteiger partial charge on any atom is 0.433 e. The fourth-order valence-corrected chi connectivity index (χ4v) is 4.02. The highest BCUT2D eigenvalue weighted by atomic mass is 79.9. The van der Waals surface area contributed by atoms with Crippen molar-refractivity contribution in [3.8, 4) is 22.6 Å². The molecule has 1 unspecified atom stereocenters. The van der Waals surface area contributed by atoms with Crippen molar-refractivity contribution in [2.45, 2.75) is 31.7 Å². The number of rotatable bonds is 3. The standard InChI is InChI=1S/C22H17BrF3N5O/c23-13-10-18-16(27-11-13)8-7-15(28-18)14-12-31(20-6-1-2-9-32-20)30-21(14)17-4-3-5-19(29-17)22(24,25)26/h3-5,7-8,10-12,20H,1-2,6,9H2. The minimum atomic E-state index is -4.55. The molecule has 0 saturated carbocycles. The smallest absolute Gasteiger partial charge is 0.357 e. The van der Waals surface area contributed by atoms with Crippen LogP contribution in [0.3, 0.4) is 0 Å². The van der Waals surface area contributed by atoms with Crippen LogP contribution in [0.2, 0.25) is 0 Å². The molecule has 0 N–H and O–H groups in total. The third-order valence-electron chi connectivity index (χ3n) is 5.24. The van der Waals surface area contributed by atoms with Gasteiger partial charge >= 0.3 is 6.18 Å². The molecule has 0 aromatic carbocycles. The topological polar surface area (TPSA) is 65.7 Å². The number of ether oxygens (including phenoxy) is 1. The van der Waals surface area contributed by atoms with E-state index in [2.05, 4.69) is 36.0 Å². The zero-order valence-corrected chi connectivity index (χ0v) is 18.3. The van der Waals surface area contributed by atoms with Gasteiger partial charge in [0.05, 0.1) is 22.4 Å². The van der Waals surface area contributed by atoms with Crippen LogP contribution in [0.5, 0.6) is 0 Å². The quantitative estimate of drug-likeness (QED) is 0.341. The van der Waals surface area contributed by atoms with Crippen LogP contribution in [0.1, 0.15) is 31.2 Å². The van der Waals surface area contributed by atoms with E-state index in [-0.39, 0.29) is 11.9 Å². The lowest BCUT2D eigenvalue weighted by Crippen LogP contribution is -2.18. The first kappa shape index (κ1) is 21.0. The molecule has 0 aliphatic carbocycles. The van der Waals surface area contributed by atoms with Crippen LogP contribution in [-0.4, -0.2) is 31.3 Å². The molecule has 5 rings (SSSR count). The van der Waals surface area contributed by atoms with Gasteiger partial charge in [-0.25, -0.2) is 14.6 Å². The molecule has 5 heterocycles. The molecule has 1 aliphatic heterocycles. The van der Waals surface area contributed by atoms with Gasteiger partial charge in [-0.2, -0.15) is 18.3 Å². The lowest BCUT2D eigenvalue weighted by atomic mass is 10.1. The van der Waals surface area contributed by atoms with E-state index in [0.29, 0.717) is 34.6 Å². The second kappa shape index (κ2) is 8.25. The van der Waals surface area contributed by atoms with Crippen LogP contribution in [-0.2, 0) is 10.9 Å². The summed E-state index contributed by atoms with van der Waals surface area (Å²) in [6.45, 7) is 0.616. The molecule has 0 amide bonds. The van der Waals surface area contributed by atoms with Crippen LogP contribution < -0.4 is 0 Å². The first-order valence-electron chi connectivity index (χ1n) is 10.1. The molecule has 0 bridgehead atoms. The van der Waals surface area contributed by atoms with Gasteiger partial charge in [0, 0.05) is 29.0 Å². The average molecular weight is 504 g/mol. The third-order valence-corrected chi connectivity index (χ3v) is 5.68. The summed E-state index contributed by atoms with van der Waals surface area (Å²) < 4.78 is 48.1. The van der Waals surface area contributed by atoms with Crippen LogP contribution in [0.25, 0.3) is 33.7 Å². The SMILES string of the molecule is FC(F)(F)c1cccc(-c2nn(C3CCCCO3)cc2-c2ccc3ncc(Br)cc3n2)n1. The normalized spacial score (nSPS) is 17.1. The highest BCUT2D eigenvalue weighted by molar-refractivity contribution is 9.10. The van der Waals surface area contributed by atoms with E-state index in [0.717, 1.165) is 29.8 Å². The number of halogens is 4. The maximum atomic E-state index is 13.3. The van der Waals surface area contributed by atoms with Crippen molar-refractivity contribution in [1.29, 1.82) is 0 Å². The Bertz CT molecular complexity index is 1280. The zero-order valence-electron chi connectivity index (χ0n) is 16.7. The molecular formula is C22H17BrF3N5O. The summed E-state index contributed by atoms with van der Waals surface area (Å²) in [4.78, 5) is 12.9. The Labute approximate surface area is 189 Å². The number of pyridine rings is 3. The van der Waals surface area contributed by atoms with E-state index in [9.17, 15) is 13.2 Å². The molecule has 1 fully saturated rings. The molecule has 1 atom stereocenters. The second-order valence-corrected chi connectivity index (χ2v) is 8.40. The number of hydrogen-bond donors (Lipinski definition) is 0. The van der Waals surface area contributed by atoms with Crippen LogP contribution in [0.4, 0.5) is 13.2 Å². The van der Waals surface area contributed by atoms with Gasteiger partial charge in [0.1, 0.15) is 17.6 Å². The summed E-state index contributed by atoms with van der Waals surface area (Å²) in [5, 5.41) is 4.60. The van der Waals surface area contributed by atoms with Gasteiger partial charge in [-0.15, -0.1) is 0 Å². The molecule has 4 aromatic rings. The molecule has 4 aromatic heterocycles. The third kappa shape index (κ3) is 4.12. The lowest BCUT2D eigenvalue weighted by molar-refractivity contribution is -0.141. The van der Waals surface area contributed by atoms with E-state index in [4.69, 9.17) is 4.74 Å². The Balaban J connectivity index is 1.66. The molecule has 0 radical (unpaired) electrons. The minimum Gasteiger partial charge on any atom is -0.357 e. The fourth-order valence-electron chi connectivity index (χ4n) is 3.70. The highest BCUT2D eigenvalue weighted by Gasteiger charge is 2.33. The molecule has 10 heteroatoms. The second-order valence-electron chi connectivity index (χ2n) is 7.49. The minimum absolute atomic E-state index is 0.124. The average Bonchev–Trinajstić information content (AvgIpc) is 3.24. The van der Waals surface area contributed by atoms with Crippen LogP contribution in [0, 0.1) is 0 Å². The molecule has 1 saturated heterocycles. The Kier molecular flexibility index (Phi) is 5.42. The Hall–Kier alpha value is -2.85. The molecule has 164 valence electrons. The summed E-state index contributed by atoms with van der Waals surface area (Å²) in [6, 6.07) is 9.24. The number of nitrogens with zero attached hydrogens (tertiary/aromatic N) is 5. The number of alkyl halides is 3. The first-order valence-corrected chi connectivity index (χ1v) is 10.9. The largest absolute Gasteiger partial charge is 0.433 e. The summed E-state index contributed by atoms with van der Waals surface area (Å²) in [6.07, 6.45) is 1.36. The van der Waals surface area contributed by atoms with Crippen molar-refractivity contribution in [2.75, 3.05) is 6.61 Å². The number of aromatic nitrogens is 5. The van der Waals surface area contributed by atoms with Gasteiger partial charge in [0.2, 0.25) is 0 Å². The number of hydrogen-bond acceptors (Lipinski definition) is 5. The maximum absolute atomic E-state index is 13.3. The summed E-state index contributed by atoms with van der Waals surface area (Å²) in [5.74, 6) is 0. The van der Waals surface area contributed by atoms with Gasteiger partial charge in [0.15, 0.2) is 0 Å². The van der Waals surface area contributed by atoms with E-state index >= 15 is 0 Å². The number of fused-ring (bicyclic) bond motifs is 1. The van der Waals surface area contributed by atoms with Crippen LogP contribution in [0.15, 0.2) is 53.3 Å². The molecule has 6 nitrogen and oxygen atoms in total. The summed E-state index contributed by atoms with van der Waals surface area (Å²) in [5.41, 5.74) is 1.98. The van der Waals surface area contributed by atoms with E-state index in [1.165, 1.54) is 12.1 Å². The lowest BCUT2D eigenvalue weighted by Gasteiger charge is -2.22. The fraction of sp³-hybridized carbons (Fsp3) is 0.273.